The van der Waals surface area contributed by atoms with E-state index in [-0.39, 0.29) is 5.92 Å². The molecule has 0 N–H and O–H groups in total. The van der Waals surface area contributed by atoms with E-state index in [1.54, 1.807) is 0 Å². The minimum Gasteiger partial charge on any atom is -0.303 e. The van der Waals surface area contributed by atoms with Crippen LogP contribution in [-0.4, -0.2) is 6.29 Å². The fourth-order valence-electron chi connectivity index (χ4n) is 1.90. The van der Waals surface area contributed by atoms with Crippen LogP contribution >= 0.6 is 0 Å². The molecule has 0 aliphatic carbocycles. The first-order chi connectivity index (χ1) is 7.86. The van der Waals surface area contributed by atoms with E-state index in [1.165, 1.54) is 18.4 Å². The minimum atomic E-state index is 0.187. The molecule has 0 heterocycles. The lowest BCUT2D eigenvalue weighted by atomic mass is 9.95. The zero-order chi connectivity index (χ0) is 11.6. The Bertz CT molecular complexity index is 279. The Hall–Kier alpha value is -1.11. The number of aldehydes is 1. The van der Waals surface area contributed by atoms with Crippen LogP contribution < -0.4 is 0 Å². The van der Waals surface area contributed by atoms with E-state index in [4.69, 9.17) is 0 Å². The number of hydrogen-bond acceptors (Lipinski definition) is 1. The SMILES string of the molecule is [CH2]CCCCCC(C=O)Cc1ccccc1. The number of carbonyl (C=O) groups is 1. The topological polar surface area (TPSA) is 17.1 Å². The fourth-order valence-corrected chi connectivity index (χ4v) is 1.90. The molecule has 0 bridgehead atoms. The lowest BCUT2D eigenvalue weighted by molar-refractivity contribution is -0.111. The summed E-state index contributed by atoms with van der Waals surface area (Å²) in [6, 6.07) is 10.2. The summed E-state index contributed by atoms with van der Waals surface area (Å²) >= 11 is 0. The van der Waals surface area contributed by atoms with Crippen LogP contribution in [0.25, 0.3) is 0 Å². The summed E-state index contributed by atoms with van der Waals surface area (Å²) in [4.78, 5) is 11.0. The molecular weight excluding hydrogens is 196 g/mol. The van der Waals surface area contributed by atoms with Gasteiger partial charge in [0.15, 0.2) is 0 Å². The van der Waals surface area contributed by atoms with Crippen molar-refractivity contribution in [3.05, 3.63) is 42.8 Å². The lowest BCUT2D eigenvalue weighted by Gasteiger charge is -2.09. The van der Waals surface area contributed by atoms with Crippen molar-refractivity contribution in [2.45, 2.75) is 38.5 Å². The van der Waals surface area contributed by atoms with Crippen LogP contribution in [0.4, 0.5) is 0 Å². The molecule has 0 fully saturated rings. The standard InChI is InChI=1S/C15H21O/c1-2-3-4-6-11-15(13-16)12-14-9-7-5-8-10-14/h5,7-10,13,15H,1-4,6,11-12H2. The maximum absolute atomic E-state index is 11.0. The summed E-state index contributed by atoms with van der Waals surface area (Å²) in [5.41, 5.74) is 1.26. The summed E-state index contributed by atoms with van der Waals surface area (Å²) in [7, 11) is 0. The smallest absolute Gasteiger partial charge is 0.123 e. The van der Waals surface area contributed by atoms with Gasteiger partial charge in [-0.15, -0.1) is 0 Å². The van der Waals surface area contributed by atoms with Gasteiger partial charge in [-0.05, 0) is 18.4 Å². The van der Waals surface area contributed by atoms with Crippen LogP contribution in [0.1, 0.15) is 37.7 Å². The highest BCUT2D eigenvalue weighted by Gasteiger charge is 2.07. The van der Waals surface area contributed by atoms with Gasteiger partial charge in [0, 0.05) is 5.92 Å². The van der Waals surface area contributed by atoms with Crippen molar-refractivity contribution in [1.29, 1.82) is 0 Å². The third-order valence-corrected chi connectivity index (χ3v) is 2.86. The molecule has 1 nitrogen and oxygen atoms in total. The van der Waals surface area contributed by atoms with E-state index in [0.717, 1.165) is 32.0 Å². The molecule has 0 spiro atoms. The molecule has 0 amide bonds. The Balaban J connectivity index is 2.29. The highest BCUT2D eigenvalue weighted by atomic mass is 16.1. The average Bonchev–Trinajstić information content (AvgIpc) is 2.34. The van der Waals surface area contributed by atoms with Gasteiger partial charge in [0.2, 0.25) is 0 Å². The summed E-state index contributed by atoms with van der Waals surface area (Å²) < 4.78 is 0. The van der Waals surface area contributed by atoms with Gasteiger partial charge in [0.05, 0.1) is 0 Å². The second-order valence-electron chi connectivity index (χ2n) is 4.29. The summed E-state index contributed by atoms with van der Waals surface area (Å²) in [5.74, 6) is 0.187. The number of hydrogen-bond donors (Lipinski definition) is 0. The Morgan fingerprint density at radius 2 is 1.88 bits per heavy atom. The molecule has 1 aromatic rings. The summed E-state index contributed by atoms with van der Waals surface area (Å²) in [5, 5.41) is 0. The first-order valence-corrected chi connectivity index (χ1v) is 6.15. The minimum absolute atomic E-state index is 0.187. The largest absolute Gasteiger partial charge is 0.303 e. The maximum atomic E-state index is 11.0. The lowest BCUT2D eigenvalue weighted by Crippen LogP contribution is -2.06. The Kier molecular flexibility index (Phi) is 6.55. The van der Waals surface area contributed by atoms with Crippen molar-refractivity contribution in [3.8, 4) is 0 Å². The van der Waals surface area contributed by atoms with E-state index in [0.29, 0.717) is 0 Å². The van der Waals surface area contributed by atoms with Crippen molar-refractivity contribution < 1.29 is 4.79 Å². The van der Waals surface area contributed by atoms with E-state index in [1.807, 2.05) is 18.2 Å². The third kappa shape index (κ3) is 5.11. The third-order valence-electron chi connectivity index (χ3n) is 2.86. The van der Waals surface area contributed by atoms with Gasteiger partial charge in [-0.2, -0.15) is 0 Å². The fraction of sp³-hybridized carbons (Fsp3) is 0.467. The van der Waals surface area contributed by atoms with Gasteiger partial charge in [-0.3, -0.25) is 0 Å². The van der Waals surface area contributed by atoms with Crippen LogP contribution in [0.15, 0.2) is 30.3 Å². The van der Waals surface area contributed by atoms with Gasteiger partial charge in [0.1, 0.15) is 6.29 Å². The van der Waals surface area contributed by atoms with E-state index < -0.39 is 0 Å². The van der Waals surface area contributed by atoms with Crippen LogP contribution in [0.5, 0.6) is 0 Å². The van der Waals surface area contributed by atoms with Crippen LogP contribution in [0.3, 0.4) is 0 Å². The summed E-state index contributed by atoms with van der Waals surface area (Å²) in [6.45, 7) is 3.82. The van der Waals surface area contributed by atoms with E-state index in [2.05, 4.69) is 19.1 Å². The molecule has 87 valence electrons. The second kappa shape index (κ2) is 8.09. The first-order valence-electron chi connectivity index (χ1n) is 6.15. The molecule has 1 rings (SSSR count). The molecule has 1 heteroatoms. The predicted molar refractivity (Wildman–Crippen MR) is 68.1 cm³/mol. The van der Waals surface area contributed by atoms with Crippen LogP contribution in [-0.2, 0) is 11.2 Å². The Labute approximate surface area is 98.9 Å². The van der Waals surface area contributed by atoms with Gasteiger partial charge < -0.3 is 4.79 Å². The number of benzene rings is 1. The quantitative estimate of drug-likeness (QED) is 0.478. The van der Waals surface area contributed by atoms with Crippen LogP contribution in [0.2, 0.25) is 0 Å². The zero-order valence-electron chi connectivity index (χ0n) is 9.90. The molecule has 0 saturated heterocycles. The Morgan fingerprint density at radius 3 is 2.50 bits per heavy atom. The van der Waals surface area contributed by atoms with Crippen molar-refractivity contribution in [2.24, 2.45) is 5.92 Å². The van der Waals surface area contributed by atoms with Gasteiger partial charge in [-0.1, -0.05) is 62.9 Å². The number of rotatable bonds is 8. The summed E-state index contributed by atoms with van der Waals surface area (Å²) in [6.07, 6.45) is 7.53. The molecule has 16 heavy (non-hydrogen) atoms. The second-order valence-corrected chi connectivity index (χ2v) is 4.29. The van der Waals surface area contributed by atoms with Crippen molar-refractivity contribution in [1.82, 2.24) is 0 Å². The van der Waals surface area contributed by atoms with Crippen molar-refractivity contribution in [2.75, 3.05) is 0 Å². The monoisotopic (exact) mass is 217 g/mol. The molecular formula is C15H21O. The average molecular weight is 217 g/mol. The van der Waals surface area contributed by atoms with E-state index in [9.17, 15) is 4.79 Å². The number of carbonyl (C=O) groups excluding carboxylic acids is 1. The van der Waals surface area contributed by atoms with Gasteiger partial charge in [-0.25, -0.2) is 0 Å². The zero-order valence-corrected chi connectivity index (χ0v) is 9.90. The number of unbranched alkanes of at least 4 members (excludes halogenated alkanes) is 3. The van der Waals surface area contributed by atoms with Crippen molar-refractivity contribution in [3.63, 3.8) is 0 Å². The van der Waals surface area contributed by atoms with Crippen molar-refractivity contribution >= 4 is 6.29 Å². The molecule has 0 saturated carbocycles. The molecule has 1 unspecified atom stereocenters. The highest BCUT2D eigenvalue weighted by molar-refractivity contribution is 5.54. The van der Waals surface area contributed by atoms with E-state index >= 15 is 0 Å². The van der Waals surface area contributed by atoms with Gasteiger partial charge in [0.25, 0.3) is 0 Å². The maximum Gasteiger partial charge on any atom is 0.123 e. The molecule has 1 atom stereocenters. The van der Waals surface area contributed by atoms with Gasteiger partial charge >= 0.3 is 0 Å². The molecule has 1 radical (unpaired) electrons. The first kappa shape index (κ1) is 13.0. The molecule has 0 aliphatic heterocycles. The molecule has 1 aromatic carbocycles. The van der Waals surface area contributed by atoms with Crippen LogP contribution in [0, 0.1) is 12.8 Å². The highest BCUT2D eigenvalue weighted by Crippen LogP contribution is 2.14. The normalized spacial score (nSPS) is 12.3. The Morgan fingerprint density at radius 1 is 1.12 bits per heavy atom. The predicted octanol–water partition coefficient (Wildman–Crippen LogP) is 3.83. The molecule has 0 aliphatic rings. The molecule has 0 aromatic heterocycles.